The van der Waals surface area contributed by atoms with Gasteiger partial charge in [0.05, 0.1) is 0 Å². The van der Waals surface area contributed by atoms with E-state index in [2.05, 4.69) is 0 Å². The number of carboxylic acid groups (broad SMARTS) is 1. The molecule has 0 bridgehead atoms. The van der Waals surface area contributed by atoms with E-state index < -0.39 is 5.97 Å². The second-order valence-electron chi connectivity index (χ2n) is 2.67. The highest BCUT2D eigenvalue weighted by Gasteiger charge is 2.07. The highest BCUT2D eigenvalue weighted by Crippen LogP contribution is 2.32. The number of nitrogens with two attached hydrogens (primary N) is 1. The fraction of sp³-hybridized carbons (Fsp3) is 0.222. The van der Waals surface area contributed by atoms with E-state index in [1.54, 1.807) is 11.3 Å². The Morgan fingerprint density at radius 3 is 3.00 bits per heavy atom. The number of carboxylic acids is 1. The van der Waals surface area contributed by atoms with Crippen LogP contribution in [0.4, 0.5) is 0 Å². The summed E-state index contributed by atoms with van der Waals surface area (Å²) in [5, 5.41) is 12.2. The van der Waals surface area contributed by atoms with Crippen LogP contribution in [0.2, 0.25) is 0 Å². The van der Waals surface area contributed by atoms with Crippen molar-refractivity contribution in [3.63, 3.8) is 0 Å². The predicted octanol–water partition coefficient (Wildman–Crippen LogP) is 2.43. The van der Waals surface area contributed by atoms with Crippen LogP contribution in [-0.2, 0) is 4.79 Å². The van der Waals surface area contributed by atoms with E-state index in [0.717, 1.165) is 0 Å². The van der Waals surface area contributed by atoms with Gasteiger partial charge in [-0.1, -0.05) is 6.07 Å². The number of thiophene rings is 1. The van der Waals surface area contributed by atoms with Crippen molar-refractivity contribution in [2.75, 3.05) is 0 Å². The molecule has 0 aliphatic heterocycles. The summed E-state index contributed by atoms with van der Waals surface area (Å²) >= 11 is 3.07. The van der Waals surface area contributed by atoms with Gasteiger partial charge in [-0.05, 0) is 18.4 Å². The first-order valence-electron chi connectivity index (χ1n) is 3.99. The van der Waals surface area contributed by atoms with Gasteiger partial charge in [0, 0.05) is 15.5 Å². The van der Waals surface area contributed by atoms with Crippen LogP contribution in [0.1, 0.15) is 17.1 Å². The highest BCUT2D eigenvalue weighted by atomic mass is 32.2. The van der Waals surface area contributed by atoms with Crippen LogP contribution in [0, 0.1) is 0 Å². The Balaban J connectivity index is 2.54. The zero-order chi connectivity index (χ0) is 10.6. The van der Waals surface area contributed by atoms with Crippen molar-refractivity contribution in [3.8, 4) is 0 Å². The van der Waals surface area contributed by atoms with E-state index >= 15 is 0 Å². The van der Waals surface area contributed by atoms with Crippen molar-refractivity contribution < 1.29 is 9.90 Å². The molecule has 14 heavy (non-hydrogen) atoms. The lowest BCUT2D eigenvalue weighted by Gasteiger charge is -2.04. The molecule has 0 spiro atoms. The zero-order valence-corrected chi connectivity index (χ0v) is 9.27. The summed E-state index contributed by atoms with van der Waals surface area (Å²) in [5.41, 5.74) is 5.15. The minimum Gasteiger partial charge on any atom is -0.477 e. The standard InChI is InChI=1S/C9H11NO2S2/c1-6(8-3-2-4-13-8)14-5-7(10)9(11)12/h2-6H,10H2,1H3,(H,11,12)/b7-5-. The predicted molar refractivity (Wildman–Crippen MR) is 60.2 cm³/mol. The van der Waals surface area contributed by atoms with Crippen LogP contribution in [0.15, 0.2) is 28.6 Å². The Bertz CT molecular complexity index is 333. The molecule has 3 nitrogen and oxygen atoms in total. The lowest BCUT2D eigenvalue weighted by molar-refractivity contribution is -0.132. The van der Waals surface area contributed by atoms with E-state index in [-0.39, 0.29) is 10.9 Å². The molecule has 0 saturated carbocycles. The topological polar surface area (TPSA) is 63.3 Å². The van der Waals surface area contributed by atoms with Gasteiger partial charge in [-0.2, -0.15) is 0 Å². The average molecular weight is 229 g/mol. The third-order valence-electron chi connectivity index (χ3n) is 1.59. The fourth-order valence-electron chi connectivity index (χ4n) is 0.815. The summed E-state index contributed by atoms with van der Waals surface area (Å²) in [6.07, 6.45) is 0. The molecule has 5 heteroatoms. The van der Waals surface area contributed by atoms with Crippen LogP contribution in [0.25, 0.3) is 0 Å². The second kappa shape index (κ2) is 5.07. The largest absolute Gasteiger partial charge is 0.477 e. The minimum absolute atomic E-state index is 0.113. The maximum Gasteiger partial charge on any atom is 0.352 e. The Kier molecular flexibility index (Phi) is 4.03. The van der Waals surface area contributed by atoms with Crippen LogP contribution >= 0.6 is 23.1 Å². The van der Waals surface area contributed by atoms with Gasteiger partial charge in [-0.25, -0.2) is 4.79 Å². The van der Waals surface area contributed by atoms with E-state index in [0.29, 0.717) is 0 Å². The lowest BCUT2D eigenvalue weighted by atomic mass is 10.4. The Hall–Kier alpha value is -0.940. The summed E-state index contributed by atoms with van der Waals surface area (Å²) in [4.78, 5) is 11.6. The normalized spacial score (nSPS) is 13.9. The van der Waals surface area contributed by atoms with Crippen LogP contribution in [0.5, 0.6) is 0 Å². The molecule has 1 aromatic heterocycles. The van der Waals surface area contributed by atoms with E-state index in [4.69, 9.17) is 10.8 Å². The summed E-state index contributed by atoms with van der Waals surface area (Å²) in [6, 6.07) is 3.99. The molecule has 0 amide bonds. The number of aliphatic carboxylic acids is 1. The third kappa shape index (κ3) is 3.08. The average Bonchev–Trinajstić information content (AvgIpc) is 2.66. The highest BCUT2D eigenvalue weighted by molar-refractivity contribution is 8.02. The Labute approximate surface area is 90.6 Å². The molecule has 0 saturated heterocycles. The monoisotopic (exact) mass is 229 g/mol. The third-order valence-corrected chi connectivity index (χ3v) is 3.85. The van der Waals surface area contributed by atoms with Gasteiger partial charge in [-0.3, -0.25) is 0 Å². The van der Waals surface area contributed by atoms with Gasteiger partial charge >= 0.3 is 5.97 Å². The maximum atomic E-state index is 10.4. The quantitative estimate of drug-likeness (QED) is 0.778. The van der Waals surface area contributed by atoms with Crippen molar-refractivity contribution in [1.82, 2.24) is 0 Å². The lowest BCUT2D eigenvalue weighted by Crippen LogP contribution is -2.08. The second-order valence-corrected chi connectivity index (χ2v) is 4.87. The number of carbonyl (C=O) groups is 1. The molecule has 76 valence electrons. The van der Waals surface area contributed by atoms with Crippen molar-refractivity contribution in [2.24, 2.45) is 5.73 Å². The molecule has 1 rings (SSSR count). The number of hydrogen-bond donors (Lipinski definition) is 2. The number of rotatable bonds is 4. The summed E-state index contributed by atoms with van der Waals surface area (Å²) in [6.45, 7) is 2.02. The van der Waals surface area contributed by atoms with Gasteiger partial charge < -0.3 is 10.8 Å². The van der Waals surface area contributed by atoms with E-state index in [9.17, 15) is 4.79 Å². The molecule has 0 aliphatic rings. The van der Waals surface area contributed by atoms with Gasteiger partial charge in [0.1, 0.15) is 5.70 Å². The summed E-state index contributed by atoms with van der Waals surface area (Å²) in [5.74, 6) is -1.07. The molecule has 0 fully saturated rings. The van der Waals surface area contributed by atoms with Crippen molar-refractivity contribution in [3.05, 3.63) is 33.5 Å². The molecule has 0 aliphatic carbocycles. The molecule has 1 heterocycles. The van der Waals surface area contributed by atoms with Crippen molar-refractivity contribution >= 4 is 29.1 Å². The van der Waals surface area contributed by atoms with Gasteiger partial charge in [-0.15, -0.1) is 23.1 Å². The van der Waals surface area contributed by atoms with E-state index in [1.807, 2.05) is 24.4 Å². The van der Waals surface area contributed by atoms with Crippen LogP contribution < -0.4 is 5.73 Å². The number of hydrogen-bond acceptors (Lipinski definition) is 4. The Morgan fingerprint density at radius 2 is 2.50 bits per heavy atom. The number of thioether (sulfide) groups is 1. The molecule has 1 unspecified atom stereocenters. The smallest absolute Gasteiger partial charge is 0.352 e. The molecule has 0 aromatic carbocycles. The van der Waals surface area contributed by atoms with Gasteiger partial charge in [0.25, 0.3) is 0 Å². The van der Waals surface area contributed by atoms with Gasteiger partial charge in [0.2, 0.25) is 0 Å². The van der Waals surface area contributed by atoms with E-state index in [1.165, 1.54) is 22.0 Å². The van der Waals surface area contributed by atoms with Crippen LogP contribution in [-0.4, -0.2) is 11.1 Å². The van der Waals surface area contributed by atoms with Crippen molar-refractivity contribution in [2.45, 2.75) is 12.2 Å². The molecule has 0 radical (unpaired) electrons. The first-order valence-corrected chi connectivity index (χ1v) is 5.81. The first kappa shape index (κ1) is 11.1. The Morgan fingerprint density at radius 1 is 1.79 bits per heavy atom. The minimum atomic E-state index is -1.07. The van der Waals surface area contributed by atoms with Crippen LogP contribution in [0.3, 0.4) is 0 Å². The summed E-state index contributed by atoms with van der Waals surface area (Å²) < 4.78 is 0. The maximum absolute atomic E-state index is 10.4. The molecule has 1 atom stereocenters. The fourth-order valence-corrected chi connectivity index (χ4v) is 2.48. The molecular weight excluding hydrogens is 218 g/mol. The molecule has 3 N–H and O–H groups in total. The molecular formula is C9H11NO2S2. The summed E-state index contributed by atoms with van der Waals surface area (Å²) in [7, 11) is 0. The zero-order valence-electron chi connectivity index (χ0n) is 7.64. The van der Waals surface area contributed by atoms with Crippen molar-refractivity contribution in [1.29, 1.82) is 0 Å². The first-order chi connectivity index (χ1) is 6.61. The SMILES string of the molecule is CC(S/C=C(\N)C(=O)O)c1cccs1. The van der Waals surface area contributed by atoms with Gasteiger partial charge in [0.15, 0.2) is 0 Å². The molecule has 1 aromatic rings.